The van der Waals surface area contributed by atoms with Gasteiger partial charge in [0.15, 0.2) is 0 Å². The third-order valence-electron chi connectivity index (χ3n) is 2.56. The van der Waals surface area contributed by atoms with Gasteiger partial charge in [0.2, 0.25) is 0 Å². The van der Waals surface area contributed by atoms with Crippen LogP contribution in [0.3, 0.4) is 0 Å². The van der Waals surface area contributed by atoms with Crippen LogP contribution in [0.1, 0.15) is 25.8 Å². The molecular formula is C13H21NO. The molecule has 0 fully saturated rings. The van der Waals surface area contributed by atoms with Crippen LogP contribution in [-0.4, -0.2) is 19.8 Å². The van der Waals surface area contributed by atoms with Crippen molar-refractivity contribution in [1.82, 2.24) is 0 Å². The summed E-state index contributed by atoms with van der Waals surface area (Å²) in [7, 11) is 1.74. The number of anilines is 1. The number of rotatable bonds is 6. The molecule has 0 saturated carbocycles. The average molecular weight is 207 g/mol. The summed E-state index contributed by atoms with van der Waals surface area (Å²) in [6.07, 6.45) is 2.11. The number of methoxy groups -OCH3 is 1. The van der Waals surface area contributed by atoms with E-state index in [1.165, 1.54) is 11.3 Å². The van der Waals surface area contributed by atoms with Gasteiger partial charge in [-0.2, -0.15) is 0 Å². The third-order valence-corrected chi connectivity index (χ3v) is 2.56. The fraction of sp³-hybridized carbons (Fsp3) is 0.538. The molecule has 0 amide bonds. The van der Waals surface area contributed by atoms with E-state index in [4.69, 9.17) is 4.74 Å². The number of benzene rings is 1. The molecule has 0 radical (unpaired) electrons. The van der Waals surface area contributed by atoms with Gasteiger partial charge in [0, 0.05) is 25.4 Å². The molecule has 2 heteroatoms. The summed E-state index contributed by atoms with van der Waals surface area (Å²) in [5.41, 5.74) is 2.63. The van der Waals surface area contributed by atoms with Gasteiger partial charge >= 0.3 is 0 Å². The first-order valence-electron chi connectivity index (χ1n) is 5.61. The molecule has 0 spiro atoms. The van der Waals surface area contributed by atoms with E-state index in [1.54, 1.807) is 7.11 Å². The van der Waals surface area contributed by atoms with Gasteiger partial charge in [-0.1, -0.05) is 25.1 Å². The maximum atomic E-state index is 5.07. The van der Waals surface area contributed by atoms with Crippen LogP contribution < -0.4 is 5.32 Å². The van der Waals surface area contributed by atoms with Crippen molar-refractivity contribution in [2.45, 2.75) is 32.7 Å². The van der Waals surface area contributed by atoms with Crippen molar-refractivity contribution >= 4 is 5.69 Å². The number of ether oxygens (including phenoxy) is 1. The molecule has 0 aliphatic carbocycles. The van der Waals surface area contributed by atoms with Gasteiger partial charge in [-0.05, 0) is 31.4 Å². The smallest absolute Gasteiger partial charge is 0.0481 e. The second kappa shape index (κ2) is 6.46. The first kappa shape index (κ1) is 12.1. The number of aryl methyl sites for hydroxylation is 1. The molecule has 15 heavy (non-hydrogen) atoms. The summed E-state index contributed by atoms with van der Waals surface area (Å²) in [6.45, 7) is 5.17. The standard InChI is InChI=1S/C13H21NO/c1-4-12-7-5-6-8-13(12)14-11(2)9-10-15-3/h5-8,11,14H,4,9-10H2,1-3H3. The largest absolute Gasteiger partial charge is 0.385 e. The van der Waals surface area contributed by atoms with Gasteiger partial charge in [0.1, 0.15) is 0 Å². The minimum atomic E-state index is 0.456. The zero-order valence-electron chi connectivity index (χ0n) is 9.92. The highest BCUT2D eigenvalue weighted by atomic mass is 16.5. The van der Waals surface area contributed by atoms with E-state index in [1.807, 2.05) is 0 Å². The van der Waals surface area contributed by atoms with Gasteiger partial charge in [-0.25, -0.2) is 0 Å². The van der Waals surface area contributed by atoms with E-state index in [9.17, 15) is 0 Å². The number of para-hydroxylation sites is 1. The van der Waals surface area contributed by atoms with Gasteiger partial charge in [-0.3, -0.25) is 0 Å². The maximum absolute atomic E-state index is 5.07. The van der Waals surface area contributed by atoms with Crippen molar-refractivity contribution < 1.29 is 4.74 Å². The van der Waals surface area contributed by atoms with Crippen LogP contribution in [-0.2, 0) is 11.2 Å². The molecule has 1 aromatic carbocycles. The van der Waals surface area contributed by atoms with Crippen LogP contribution in [0.5, 0.6) is 0 Å². The van der Waals surface area contributed by atoms with Crippen molar-refractivity contribution in [3.63, 3.8) is 0 Å². The summed E-state index contributed by atoms with van der Waals surface area (Å²) in [5, 5.41) is 3.52. The molecule has 1 unspecified atom stereocenters. The van der Waals surface area contributed by atoms with Gasteiger partial charge < -0.3 is 10.1 Å². The molecular weight excluding hydrogens is 186 g/mol. The van der Waals surface area contributed by atoms with E-state index in [2.05, 4.69) is 43.4 Å². The van der Waals surface area contributed by atoms with E-state index >= 15 is 0 Å². The number of hydrogen-bond acceptors (Lipinski definition) is 2. The Kier molecular flexibility index (Phi) is 5.19. The van der Waals surface area contributed by atoms with Gasteiger partial charge in [0.25, 0.3) is 0 Å². The van der Waals surface area contributed by atoms with Crippen molar-refractivity contribution in [3.05, 3.63) is 29.8 Å². The number of nitrogens with one attached hydrogen (secondary N) is 1. The summed E-state index contributed by atoms with van der Waals surface area (Å²) >= 11 is 0. The predicted octanol–water partition coefficient (Wildman–Crippen LogP) is 3.09. The Morgan fingerprint density at radius 2 is 2.07 bits per heavy atom. The summed E-state index contributed by atoms with van der Waals surface area (Å²) in [6, 6.07) is 8.93. The van der Waals surface area contributed by atoms with Crippen LogP contribution in [0.4, 0.5) is 5.69 Å². The van der Waals surface area contributed by atoms with E-state index in [-0.39, 0.29) is 0 Å². The molecule has 1 rings (SSSR count). The van der Waals surface area contributed by atoms with E-state index in [0.717, 1.165) is 19.4 Å². The summed E-state index contributed by atoms with van der Waals surface area (Å²) < 4.78 is 5.07. The highest BCUT2D eigenvalue weighted by molar-refractivity contribution is 5.51. The second-order valence-electron chi connectivity index (χ2n) is 3.84. The van der Waals surface area contributed by atoms with E-state index < -0.39 is 0 Å². The molecule has 1 N–H and O–H groups in total. The van der Waals surface area contributed by atoms with Crippen LogP contribution in [0.25, 0.3) is 0 Å². The van der Waals surface area contributed by atoms with Crippen LogP contribution in [0.15, 0.2) is 24.3 Å². The van der Waals surface area contributed by atoms with Crippen molar-refractivity contribution in [2.24, 2.45) is 0 Å². The Bertz CT molecular complexity index is 286. The zero-order chi connectivity index (χ0) is 11.1. The van der Waals surface area contributed by atoms with Crippen LogP contribution >= 0.6 is 0 Å². The maximum Gasteiger partial charge on any atom is 0.0481 e. The Morgan fingerprint density at radius 1 is 1.33 bits per heavy atom. The lowest BCUT2D eigenvalue weighted by molar-refractivity contribution is 0.191. The van der Waals surface area contributed by atoms with Gasteiger partial charge in [-0.15, -0.1) is 0 Å². The fourth-order valence-corrected chi connectivity index (χ4v) is 1.60. The SMILES string of the molecule is CCc1ccccc1NC(C)CCOC. The minimum Gasteiger partial charge on any atom is -0.385 e. The van der Waals surface area contributed by atoms with Crippen molar-refractivity contribution in [3.8, 4) is 0 Å². The molecule has 84 valence electrons. The molecule has 0 aliphatic rings. The highest BCUT2D eigenvalue weighted by Gasteiger charge is 2.04. The average Bonchev–Trinajstić information content (AvgIpc) is 2.27. The molecule has 1 atom stereocenters. The first-order valence-corrected chi connectivity index (χ1v) is 5.61. The second-order valence-corrected chi connectivity index (χ2v) is 3.84. The quantitative estimate of drug-likeness (QED) is 0.774. The molecule has 2 nitrogen and oxygen atoms in total. The van der Waals surface area contributed by atoms with Crippen molar-refractivity contribution in [1.29, 1.82) is 0 Å². The Morgan fingerprint density at radius 3 is 2.73 bits per heavy atom. The topological polar surface area (TPSA) is 21.3 Å². The molecule has 0 aliphatic heterocycles. The first-order chi connectivity index (χ1) is 7.27. The minimum absolute atomic E-state index is 0.456. The monoisotopic (exact) mass is 207 g/mol. The Balaban J connectivity index is 2.55. The third kappa shape index (κ3) is 3.92. The lowest BCUT2D eigenvalue weighted by atomic mass is 10.1. The molecule has 0 heterocycles. The summed E-state index contributed by atoms with van der Waals surface area (Å²) in [5.74, 6) is 0. The Labute approximate surface area is 92.6 Å². The Hall–Kier alpha value is -1.02. The zero-order valence-corrected chi connectivity index (χ0v) is 9.92. The highest BCUT2D eigenvalue weighted by Crippen LogP contribution is 2.17. The predicted molar refractivity (Wildman–Crippen MR) is 65.4 cm³/mol. The fourth-order valence-electron chi connectivity index (χ4n) is 1.60. The number of hydrogen-bond donors (Lipinski definition) is 1. The van der Waals surface area contributed by atoms with E-state index in [0.29, 0.717) is 6.04 Å². The van der Waals surface area contributed by atoms with Gasteiger partial charge in [0.05, 0.1) is 0 Å². The lowest BCUT2D eigenvalue weighted by Crippen LogP contribution is -2.18. The molecule has 0 aromatic heterocycles. The van der Waals surface area contributed by atoms with Crippen LogP contribution in [0.2, 0.25) is 0 Å². The normalized spacial score (nSPS) is 12.5. The summed E-state index contributed by atoms with van der Waals surface area (Å²) in [4.78, 5) is 0. The molecule has 0 saturated heterocycles. The molecule has 1 aromatic rings. The van der Waals surface area contributed by atoms with Crippen LogP contribution in [0, 0.1) is 0 Å². The molecule has 0 bridgehead atoms. The lowest BCUT2D eigenvalue weighted by Gasteiger charge is -2.17. The van der Waals surface area contributed by atoms with Crippen molar-refractivity contribution in [2.75, 3.05) is 19.0 Å².